The lowest BCUT2D eigenvalue weighted by atomic mass is 10.1. The molecule has 20 heavy (non-hydrogen) atoms. The Bertz CT molecular complexity index is 588. The van der Waals surface area contributed by atoms with E-state index in [4.69, 9.17) is 17.3 Å². The second-order valence-corrected chi connectivity index (χ2v) is 6.96. The normalized spacial score (nSPS) is 12.9. The number of nitrogens with zero attached hydrogens (tertiary/aromatic N) is 2. The molecule has 1 unspecified atom stereocenters. The third kappa shape index (κ3) is 3.59. The van der Waals surface area contributed by atoms with Crippen LogP contribution in [0, 0.1) is 6.92 Å². The number of benzene rings is 1. The average Bonchev–Trinajstić information content (AvgIpc) is 2.78. The molecule has 0 amide bonds. The third-order valence-corrected chi connectivity index (χ3v) is 5.06. The van der Waals surface area contributed by atoms with Crippen LogP contribution in [-0.4, -0.2) is 23.5 Å². The van der Waals surface area contributed by atoms with Gasteiger partial charge in [0, 0.05) is 33.5 Å². The summed E-state index contributed by atoms with van der Waals surface area (Å²) in [6.07, 6.45) is 0. The fourth-order valence-electron chi connectivity index (χ4n) is 2.13. The van der Waals surface area contributed by atoms with Crippen LogP contribution in [0.2, 0.25) is 5.02 Å². The van der Waals surface area contributed by atoms with Crippen LogP contribution in [0.1, 0.15) is 22.2 Å². The Kier molecular flexibility index (Phi) is 5.57. The maximum absolute atomic E-state index is 6.34. The number of aryl methyl sites for hydroxylation is 1. The van der Waals surface area contributed by atoms with E-state index in [2.05, 4.69) is 32.9 Å². The van der Waals surface area contributed by atoms with Crippen molar-refractivity contribution in [3.63, 3.8) is 0 Å². The van der Waals surface area contributed by atoms with Crippen molar-refractivity contribution in [2.45, 2.75) is 19.5 Å². The highest BCUT2D eigenvalue weighted by atomic mass is 79.9. The van der Waals surface area contributed by atoms with Gasteiger partial charge in [-0.25, -0.2) is 4.98 Å². The van der Waals surface area contributed by atoms with Crippen LogP contribution in [0.15, 0.2) is 28.2 Å². The molecule has 0 aliphatic carbocycles. The average molecular weight is 375 g/mol. The predicted molar refractivity (Wildman–Crippen MR) is 89.3 cm³/mol. The Morgan fingerprint density at radius 3 is 2.80 bits per heavy atom. The summed E-state index contributed by atoms with van der Waals surface area (Å²) >= 11 is 11.4. The van der Waals surface area contributed by atoms with Gasteiger partial charge >= 0.3 is 0 Å². The molecule has 0 fully saturated rings. The minimum absolute atomic E-state index is 0.0945. The zero-order valence-electron chi connectivity index (χ0n) is 11.4. The lowest BCUT2D eigenvalue weighted by molar-refractivity contribution is 0.243. The van der Waals surface area contributed by atoms with Gasteiger partial charge in [0.25, 0.3) is 0 Å². The van der Waals surface area contributed by atoms with Gasteiger partial charge in [-0.05, 0) is 31.7 Å². The first-order valence-corrected chi connectivity index (χ1v) is 8.32. The fraction of sp³-hybridized carbons (Fsp3) is 0.357. The Labute approximate surface area is 136 Å². The molecule has 1 aromatic carbocycles. The van der Waals surface area contributed by atoms with Crippen molar-refractivity contribution in [2.24, 2.45) is 5.73 Å². The summed E-state index contributed by atoms with van der Waals surface area (Å²) in [5.41, 5.74) is 9.97. The maximum atomic E-state index is 6.34. The van der Waals surface area contributed by atoms with E-state index in [-0.39, 0.29) is 6.04 Å². The van der Waals surface area contributed by atoms with Crippen molar-refractivity contribution >= 4 is 38.9 Å². The van der Waals surface area contributed by atoms with Crippen LogP contribution < -0.4 is 5.73 Å². The van der Waals surface area contributed by atoms with Gasteiger partial charge in [0.2, 0.25) is 0 Å². The van der Waals surface area contributed by atoms with E-state index in [9.17, 15) is 0 Å². The van der Waals surface area contributed by atoms with Crippen LogP contribution in [0.5, 0.6) is 0 Å². The molecule has 0 bridgehead atoms. The number of halogens is 2. The topological polar surface area (TPSA) is 42.2 Å². The Morgan fingerprint density at radius 1 is 1.50 bits per heavy atom. The standard InChI is InChI=1S/C14H17BrClN3S/c1-9-14(20-8-18-9)7-19(2)13(6-17)11-4-3-10(15)5-12(11)16/h3-5,8,13H,6-7,17H2,1-2H3. The van der Waals surface area contributed by atoms with Gasteiger partial charge in [0.1, 0.15) is 0 Å². The van der Waals surface area contributed by atoms with Crippen LogP contribution in [0.25, 0.3) is 0 Å². The van der Waals surface area contributed by atoms with Crippen molar-refractivity contribution in [1.29, 1.82) is 0 Å². The summed E-state index contributed by atoms with van der Waals surface area (Å²) in [5.74, 6) is 0. The van der Waals surface area contributed by atoms with E-state index in [1.807, 2.05) is 30.6 Å². The molecule has 2 N–H and O–H groups in total. The Morgan fingerprint density at radius 2 is 2.25 bits per heavy atom. The van der Waals surface area contributed by atoms with Gasteiger partial charge in [-0.1, -0.05) is 33.6 Å². The summed E-state index contributed by atoms with van der Waals surface area (Å²) < 4.78 is 0.975. The van der Waals surface area contributed by atoms with Crippen molar-refractivity contribution in [1.82, 2.24) is 9.88 Å². The highest BCUT2D eigenvalue weighted by Crippen LogP contribution is 2.30. The van der Waals surface area contributed by atoms with Crippen LogP contribution in [0.3, 0.4) is 0 Å². The maximum Gasteiger partial charge on any atom is 0.0798 e. The zero-order chi connectivity index (χ0) is 14.7. The Balaban J connectivity index is 2.21. The molecule has 0 saturated heterocycles. The monoisotopic (exact) mass is 373 g/mol. The molecule has 0 aliphatic heterocycles. The quantitative estimate of drug-likeness (QED) is 0.860. The summed E-state index contributed by atoms with van der Waals surface area (Å²) in [6, 6.07) is 6.03. The molecule has 0 radical (unpaired) electrons. The smallest absolute Gasteiger partial charge is 0.0798 e. The molecular formula is C14H17BrClN3S. The number of nitrogens with two attached hydrogens (primary N) is 1. The fourth-order valence-corrected chi connectivity index (χ4v) is 3.77. The summed E-state index contributed by atoms with van der Waals surface area (Å²) in [7, 11) is 2.06. The number of thiazole rings is 1. The summed E-state index contributed by atoms with van der Waals surface area (Å²) in [4.78, 5) is 7.77. The van der Waals surface area contributed by atoms with Crippen molar-refractivity contribution in [3.8, 4) is 0 Å². The largest absolute Gasteiger partial charge is 0.329 e. The number of hydrogen-bond acceptors (Lipinski definition) is 4. The van der Waals surface area contributed by atoms with Crippen LogP contribution in [-0.2, 0) is 6.54 Å². The number of hydrogen-bond donors (Lipinski definition) is 1. The minimum atomic E-state index is 0.0945. The van der Waals surface area contributed by atoms with Crippen LogP contribution >= 0.6 is 38.9 Å². The van der Waals surface area contributed by atoms with Crippen molar-refractivity contribution in [2.75, 3.05) is 13.6 Å². The summed E-state index contributed by atoms with van der Waals surface area (Å²) in [6.45, 7) is 3.38. The predicted octanol–water partition coefficient (Wildman–Crippen LogP) is 4.00. The molecule has 108 valence electrons. The molecular weight excluding hydrogens is 358 g/mol. The van der Waals surface area contributed by atoms with Crippen molar-refractivity contribution in [3.05, 3.63) is 49.3 Å². The molecule has 2 aromatic rings. The summed E-state index contributed by atoms with van der Waals surface area (Å²) in [5, 5.41) is 0.739. The van der Waals surface area contributed by atoms with Gasteiger partial charge < -0.3 is 5.73 Å². The molecule has 0 saturated carbocycles. The molecule has 0 aliphatic rings. The lowest BCUT2D eigenvalue weighted by Gasteiger charge is -2.27. The first kappa shape index (κ1) is 15.9. The molecule has 0 spiro atoms. The van der Waals surface area contributed by atoms with E-state index >= 15 is 0 Å². The number of likely N-dealkylation sites (N-methyl/N-ethyl adjacent to an activating group) is 1. The second-order valence-electron chi connectivity index (χ2n) is 4.69. The molecule has 6 heteroatoms. The highest BCUT2D eigenvalue weighted by molar-refractivity contribution is 9.10. The molecule has 1 aromatic heterocycles. The highest BCUT2D eigenvalue weighted by Gasteiger charge is 2.19. The second kappa shape index (κ2) is 7.00. The third-order valence-electron chi connectivity index (χ3n) is 3.31. The van der Waals surface area contributed by atoms with Crippen LogP contribution in [0.4, 0.5) is 0 Å². The SMILES string of the molecule is Cc1ncsc1CN(C)C(CN)c1ccc(Br)cc1Cl. The number of aromatic nitrogens is 1. The number of rotatable bonds is 5. The van der Waals surface area contributed by atoms with E-state index in [1.54, 1.807) is 11.3 Å². The van der Waals surface area contributed by atoms with E-state index in [0.29, 0.717) is 6.54 Å². The first-order chi connectivity index (χ1) is 9.52. The first-order valence-electron chi connectivity index (χ1n) is 6.27. The van der Waals surface area contributed by atoms with E-state index in [1.165, 1.54) is 4.88 Å². The van der Waals surface area contributed by atoms with E-state index in [0.717, 1.165) is 27.3 Å². The van der Waals surface area contributed by atoms with Gasteiger partial charge in [0.05, 0.1) is 11.2 Å². The van der Waals surface area contributed by atoms with E-state index < -0.39 is 0 Å². The Hall–Kier alpha value is -0.460. The zero-order valence-corrected chi connectivity index (χ0v) is 14.6. The van der Waals surface area contributed by atoms with Gasteiger partial charge in [-0.3, -0.25) is 4.90 Å². The van der Waals surface area contributed by atoms with Crippen molar-refractivity contribution < 1.29 is 0 Å². The molecule has 1 atom stereocenters. The van der Waals surface area contributed by atoms with Gasteiger partial charge in [-0.2, -0.15) is 0 Å². The molecule has 3 nitrogen and oxygen atoms in total. The minimum Gasteiger partial charge on any atom is -0.329 e. The lowest BCUT2D eigenvalue weighted by Crippen LogP contribution is -2.30. The molecule has 1 heterocycles. The van der Waals surface area contributed by atoms with Gasteiger partial charge in [0.15, 0.2) is 0 Å². The molecule has 2 rings (SSSR count). The van der Waals surface area contributed by atoms with Gasteiger partial charge in [-0.15, -0.1) is 11.3 Å².